The van der Waals surface area contributed by atoms with Crippen LogP contribution in [0.25, 0.3) is 5.65 Å². The molecule has 15 heavy (non-hydrogen) atoms. The van der Waals surface area contributed by atoms with Crippen LogP contribution in [0.4, 0.5) is 0 Å². The van der Waals surface area contributed by atoms with E-state index in [9.17, 15) is 4.79 Å². The molecule has 1 atom stereocenters. The molecule has 2 aromatic heterocycles. The Morgan fingerprint density at radius 2 is 2.40 bits per heavy atom. The molecular formula is C10H11N3O2. The highest BCUT2D eigenvalue weighted by atomic mass is 16.4. The molecule has 0 saturated carbocycles. The number of nitrogens with zero attached hydrogens (tertiary/aromatic N) is 3. The van der Waals surface area contributed by atoms with Gasteiger partial charge < -0.3 is 5.11 Å². The van der Waals surface area contributed by atoms with Crippen LogP contribution >= 0.6 is 0 Å². The van der Waals surface area contributed by atoms with Crippen molar-refractivity contribution in [3.8, 4) is 0 Å². The predicted molar refractivity (Wildman–Crippen MR) is 53.7 cm³/mol. The fourth-order valence-corrected chi connectivity index (χ4v) is 1.60. The lowest BCUT2D eigenvalue weighted by Gasteiger charge is -2.09. The molecular weight excluding hydrogens is 194 g/mol. The first-order chi connectivity index (χ1) is 7.22. The summed E-state index contributed by atoms with van der Waals surface area (Å²) in [6.07, 6.45) is 3.90. The van der Waals surface area contributed by atoms with Gasteiger partial charge in [-0.1, -0.05) is 13.0 Å². The largest absolute Gasteiger partial charge is 0.481 e. The van der Waals surface area contributed by atoms with Gasteiger partial charge in [0.1, 0.15) is 6.33 Å². The molecule has 0 saturated heterocycles. The molecule has 0 spiro atoms. The molecule has 0 amide bonds. The molecule has 0 aliphatic carbocycles. The Hall–Kier alpha value is -1.91. The SMILES string of the molecule is CCC(C(=O)O)c1ccc2nncn2c1. The number of carboxylic acids is 1. The summed E-state index contributed by atoms with van der Waals surface area (Å²) >= 11 is 0. The van der Waals surface area contributed by atoms with Gasteiger partial charge in [-0.3, -0.25) is 9.20 Å². The van der Waals surface area contributed by atoms with Crippen LogP contribution in [0.2, 0.25) is 0 Å². The summed E-state index contributed by atoms with van der Waals surface area (Å²) in [4.78, 5) is 11.0. The number of aromatic nitrogens is 3. The van der Waals surface area contributed by atoms with Crippen LogP contribution < -0.4 is 0 Å². The van der Waals surface area contributed by atoms with Gasteiger partial charge in [0.05, 0.1) is 5.92 Å². The van der Waals surface area contributed by atoms with Crippen molar-refractivity contribution in [3.63, 3.8) is 0 Å². The van der Waals surface area contributed by atoms with Crippen LogP contribution in [0.15, 0.2) is 24.7 Å². The van der Waals surface area contributed by atoms with E-state index in [0.717, 1.165) is 11.2 Å². The number of hydrogen-bond donors (Lipinski definition) is 1. The second-order valence-corrected chi connectivity index (χ2v) is 3.36. The highest BCUT2D eigenvalue weighted by molar-refractivity contribution is 5.76. The van der Waals surface area contributed by atoms with Crippen molar-refractivity contribution >= 4 is 11.6 Å². The standard InChI is InChI=1S/C10H11N3O2/c1-2-8(10(14)15)7-3-4-9-12-11-6-13(9)5-7/h3-6,8H,2H2,1H3,(H,14,15). The zero-order valence-corrected chi connectivity index (χ0v) is 8.29. The van der Waals surface area contributed by atoms with E-state index in [-0.39, 0.29) is 0 Å². The number of carbonyl (C=O) groups is 1. The molecule has 78 valence electrons. The van der Waals surface area contributed by atoms with E-state index in [2.05, 4.69) is 10.2 Å². The van der Waals surface area contributed by atoms with Crippen LogP contribution in [0.5, 0.6) is 0 Å². The van der Waals surface area contributed by atoms with Crippen molar-refractivity contribution < 1.29 is 9.90 Å². The fraction of sp³-hybridized carbons (Fsp3) is 0.300. The first-order valence-corrected chi connectivity index (χ1v) is 4.74. The summed E-state index contributed by atoms with van der Waals surface area (Å²) in [6.45, 7) is 1.86. The minimum atomic E-state index is -0.801. The minimum absolute atomic E-state index is 0.461. The summed E-state index contributed by atoms with van der Waals surface area (Å²) in [5, 5.41) is 16.6. The van der Waals surface area contributed by atoms with Crippen molar-refractivity contribution in [2.45, 2.75) is 19.3 Å². The molecule has 0 aliphatic heterocycles. The van der Waals surface area contributed by atoms with Gasteiger partial charge in [-0.05, 0) is 18.1 Å². The van der Waals surface area contributed by atoms with Gasteiger partial charge in [-0.2, -0.15) is 0 Å². The lowest BCUT2D eigenvalue weighted by molar-refractivity contribution is -0.138. The fourth-order valence-electron chi connectivity index (χ4n) is 1.60. The van der Waals surface area contributed by atoms with Gasteiger partial charge in [0.15, 0.2) is 5.65 Å². The number of hydrogen-bond acceptors (Lipinski definition) is 3. The number of aliphatic carboxylic acids is 1. The summed E-state index contributed by atoms with van der Waals surface area (Å²) < 4.78 is 1.72. The molecule has 0 fully saturated rings. The molecule has 5 nitrogen and oxygen atoms in total. The molecule has 0 bridgehead atoms. The lowest BCUT2D eigenvalue weighted by atomic mass is 9.98. The molecule has 0 aromatic carbocycles. The van der Waals surface area contributed by atoms with Gasteiger partial charge in [-0.25, -0.2) is 0 Å². The monoisotopic (exact) mass is 205 g/mol. The van der Waals surface area contributed by atoms with Crippen LogP contribution in [0.1, 0.15) is 24.8 Å². The van der Waals surface area contributed by atoms with E-state index in [0.29, 0.717) is 6.42 Å². The Kier molecular flexibility index (Phi) is 2.37. The average Bonchev–Trinajstić information content (AvgIpc) is 2.65. The highest BCUT2D eigenvalue weighted by Crippen LogP contribution is 2.19. The van der Waals surface area contributed by atoms with Crippen molar-refractivity contribution in [2.24, 2.45) is 0 Å². The predicted octanol–water partition coefficient (Wildman–Crippen LogP) is 1.31. The van der Waals surface area contributed by atoms with Gasteiger partial charge in [0.25, 0.3) is 0 Å². The third-order valence-corrected chi connectivity index (χ3v) is 2.42. The third-order valence-electron chi connectivity index (χ3n) is 2.42. The molecule has 2 heterocycles. The third kappa shape index (κ3) is 1.68. The summed E-state index contributed by atoms with van der Waals surface area (Å²) in [5.74, 6) is -1.26. The maximum atomic E-state index is 11.0. The number of fused-ring (bicyclic) bond motifs is 1. The van der Waals surface area contributed by atoms with Crippen molar-refractivity contribution in [1.29, 1.82) is 0 Å². The normalized spacial score (nSPS) is 12.9. The van der Waals surface area contributed by atoms with Crippen molar-refractivity contribution in [1.82, 2.24) is 14.6 Å². The number of rotatable bonds is 3. The van der Waals surface area contributed by atoms with E-state index in [4.69, 9.17) is 5.11 Å². The topological polar surface area (TPSA) is 67.5 Å². The van der Waals surface area contributed by atoms with E-state index in [1.54, 1.807) is 29.1 Å². The van der Waals surface area contributed by atoms with Crippen LogP contribution in [0, 0.1) is 0 Å². The highest BCUT2D eigenvalue weighted by Gasteiger charge is 2.17. The Morgan fingerprint density at radius 1 is 1.60 bits per heavy atom. The maximum absolute atomic E-state index is 11.0. The quantitative estimate of drug-likeness (QED) is 0.820. The van der Waals surface area contributed by atoms with Crippen LogP contribution in [-0.4, -0.2) is 25.7 Å². The molecule has 2 rings (SSSR count). The van der Waals surface area contributed by atoms with E-state index < -0.39 is 11.9 Å². The first-order valence-electron chi connectivity index (χ1n) is 4.74. The Bertz CT molecular complexity index is 492. The first kappa shape index (κ1) is 9.64. The number of pyridine rings is 1. The average molecular weight is 205 g/mol. The second kappa shape index (κ2) is 3.68. The Morgan fingerprint density at radius 3 is 3.07 bits per heavy atom. The van der Waals surface area contributed by atoms with Crippen molar-refractivity contribution in [2.75, 3.05) is 0 Å². The van der Waals surface area contributed by atoms with E-state index in [1.165, 1.54) is 0 Å². The maximum Gasteiger partial charge on any atom is 0.311 e. The Balaban J connectivity index is 2.46. The van der Waals surface area contributed by atoms with Gasteiger partial charge >= 0.3 is 5.97 Å². The molecule has 0 radical (unpaired) electrons. The van der Waals surface area contributed by atoms with Gasteiger partial charge in [0.2, 0.25) is 0 Å². The van der Waals surface area contributed by atoms with E-state index in [1.807, 2.05) is 6.92 Å². The molecule has 5 heteroatoms. The molecule has 1 unspecified atom stereocenters. The zero-order valence-electron chi connectivity index (χ0n) is 8.29. The van der Waals surface area contributed by atoms with Crippen LogP contribution in [-0.2, 0) is 4.79 Å². The second-order valence-electron chi connectivity index (χ2n) is 3.36. The number of carboxylic acid groups (broad SMARTS) is 1. The molecule has 0 aliphatic rings. The van der Waals surface area contributed by atoms with E-state index >= 15 is 0 Å². The summed E-state index contributed by atoms with van der Waals surface area (Å²) in [6, 6.07) is 3.56. The summed E-state index contributed by atoms with van der Waals surface area (Å²) in [7, 11) is 0. The van der Waals surface area contributed by atoms with Crippen molar-refractivity contribution in [3.05, 3.63) is 30.2 Å². The molecule has 2 aromatic rings. The van der Waals surface area contributed by atoms with Gasteiger partial charge in [-0.15, -0.1) is 10.2 Å². The Labute approximate surface area is 86.4 Å². The lowest BCUT2D eigenvalue weighted by Crippen LogP contribution is -2.10. The summed E-state index contributed by atoms with van der Waals surface area (Å²) in [5.41, 5.74) is 1.50. The molecule has 1 N–H and O–H groups in total. The smallest absolute Gasteiger partial charge is 0.311 e. The minimum Gasteiger partial charge on any atom is -0.481 e. The van der Waals surface area contributed by atoms with Crippen LogP contribution in [0.3, 0.4) is 0 Å². The zero-order chi connectivity index (χ0) is 10.8. The van der Waals surface area contributed by atoms with Gasteiger partial charge in [0, 0.05) is 6.20 Å².